The number of aliphatic imine (C=N–C) groups is 1. The van der Waals surface area contributed by atoms with E-state index < -0.39 is 0 Å². The average Bonchev–Trinajstić information content (AvgIpc) is 3.07. The molecule has 6 aromatic carbocycles. The van der Waals surface area contributed by atoms with Gasteiger partial charge in [0, 0.05) is 11.3 Å². The second-order valence-corrected chi connectivity index (χ2v) is 11.9. The fourth-order valence-electron chi connectivity index (χ4n) is 6.72. The molecule has 1 nitrogen and oxygen atoms in total. The summed E-state index contributed by atoms with van der Waals surface area (Å²) in [7, 11) is 0. The molecule has 1 aliphatic carbocycles. The number of allylic oxidation sites excluding steroid dienone is 2. The molecule has 0 bridgehead atoms. The maximum Gasteiger partial charge on any atom is 0.0633 e. The minimum atomic E-state index is 0.523. The van der Waals surface area contributed by atoms with Crippen molar-refractivity contribution >= 4 is 38.5 Å². The summed E-state index contributed by atoms with van der Waals surface area (Å²) in [6.07, 6.45) is 2.84. The van der Waals surface area contributed by atoms with E-state index in [1.165, 1.54) is 54.9 Å². The van der Waals surface area contributed by atoms with Crippen LogP contribution in [0.3, 0.4) is 0 Å². The normalized spacial score (nSPS) is 14.2. The Morgan fingerprint density at radius 1 is 0.705 bits per heavy atom. The van der Waals surface area contributed by atoms with Crippen LogP contribution < -0.4 is 0 Å². The molecule has 0 saturated heterocycles. The van der Waals surface area contributed by atoms with Crippen molar-refractivity contribution in [1.82, 2.24) is 0 Å². The van der Waals surface area contributed by atoms with Gasteiger partial charge in [-0.05, 0) is 109 Å². The summed E-state index contributed by atoms with van der Waals surface area (Å²) in [5, 5.41) is 4.95. The van der Waals surface area contributed by atoms with Crippen molar-refractivity contribution in [3.8, 4) is 22.3 Å². The molecule has 44 heavy (non-hydrogen) atoms. The molecule has 0 saturated carbocycles. The van der Waals surface area contributed by atoms with Crippen LogP contribution in [0.4, 0.5) is 0 Å². The van der Waals surface area contributed by atoms with E-state index in [4.69, 9.17) is 4.99 Å². The Bertz CT molecular complexity index is 2170. The van der Waals surface area contributed by atoms with Gasteiger partial charge < -0.3 is 0 Å². The molecule has 0 radical (unpaired) electrons. The van der Waals surface area contributed by atoms with Crippen LogP contribution in [0.5, 0.6) is 0 Å². The van der Waals surface area contributed by atoms with Gasteiger partial charge in [0.25, 0.3) is 0 Å². The van der Waals surface area contributed by atoms with Gasteiger partial charge in [0.05, 0.1) is 5.70 Å². The van der Waals surface area contributed by atoms with Crippen LogP contribution in [0, 0.1) is 0 Å². The molecule has 1 heteroatoms. The van der Waals surface area contributed by atoms with Gasteiger partial charge in [0.15, 0.2) is 0 Å². The third-order valence-corrected chi connectivity index (χ3v) is 9.12. The summed E-state index contributed by atoms with van der Waals surface area (Å²) in [6, 6.07) is 41.9. The molecule has 1 aliphatic rings. The molecule has 7 rings (SSSR count). The lowest BCUT2D eigenvalue weighted by molar-refractivity contribution is 0.749. The van der Waals surface area contributed by atoms with Crippen molar-refractivity contribution < 1.29 is 0 Å². The topological polar surface area (TPSA) is 12.4 Å². The lowest BCUT2D eigenvalue weighted by Crippen LogP contribution is -2.09. The average molecular weight is 566 g/mol. The number of fused-ring (bicyclic) bond motifs is 6. The lowest BCUT2D eigenvalue weighted by Gasteiger charge is -2.27. The fourth-order valence-corrected chi connectivity index (χ4v) is 6.72. The highest BCUT2D eigenvalue weighted by Gasteiger charge is 2.24. The molecule has 1 atom stereocenters. The first-order valence-electron chi connectivity index (χ1n) is 15.3. The van der Waals surface area contributed by atoms with E-state index in [0.29, 0.717) is 5.92 Å². The van der Waals surface area contributed by atoms with Crippen molar-refractivity contribution in [2.45, 2.75) is 26.2 Å². The number of hydrogen-bond acceptors (Lipinski definition) is 1. The zero-order valence-corrected chi connectivity index (χ0v) is 25.4. The van der Waals surface area contributed by atoms with Gasteiger partial charge in [-0.1, -0.05) is 130 Å². The molecule has 212 valence electrons. The first kappa shape index (κ1) is 27.6. The molecule has 1 unspecified atom stereocenters. The van der Waals surface area contributed by atoms with E-state index in [1.54, 1.807) is 6.08 Å². The van der Waals surface area contributed by atoms with E-state index in [9.17, 15) is 0 Å². The summed E-state index contributed by atoms with van der Waals surface area (Å²) in [4.78, 5) is 4.90. The Kier molecular flexibility index (Phi) is 6.95. The summed E-state index contributed by atoms with van der Waals surface area (Å²) < 4.78 is 0. The van der Waals surface area contributed by atoms with Crippen molar-refractivity contribution in [3.63, 3.8) is 0 Å². The van der Waals surface area contributed by atoms with E-state index in [0.717, 1.165) is 40.1 Å². The van der Waals surface area contributed by atoms with Gasteiger partial charge in [-0.3, -0.25) is 4.99 Å². The molecule has 0 N–H and O–H groups in total. The highest BCUT2D eigenvalue weighted by molar-refractivity contribution is 6.12. The van der Waals surface area contributed by atoms with Crippen LogP contribution in [0.15, 0.2) is 146 Å². The maximum atomic E-state index is 4.90. The zero-order chi connectivity index (χ0) is 30.4. The van der Waals surface area contributed by atoms with Crippen molar-refractivity contribution in [2.24, 2.45) is 4.99 Å². The van der Waals surface area contributed by atoms with Crippen LogP contribution >= 0.6 is 0 Å². The third-order valence-electron chi connectivity index (χ3n) is 9.12. The molecular formula is C43H35N. The van der Waals surface area contributed by atoms with Crippen molar-refractivity contribution in [1.29, 1.82) is 0 Å². The first-order chi connectivity index (χ1) is 21.4. The monoisotopic (exact) mass is 565 g/mol. The highest BCUT2D eigenvalue weighted by atomic mass is 14.7. The smallest absolute Gasteiger partial charge is 0.0633 e. The molecule has 0 aromatic heterocycles. The standard InChI is InChI=1S/C43H35N/c1-6-27(2)32-11-9-12-33(24-32)29(4)44-30(5)34-21-22-39-35(25-34)19-17-31-18-20-36(26-42(31)39)40-16-10-13-37-23-28(3)38-14-7-8-15-41(38)43(37)40/h6-22,24-26,28H,1-2,4,23H2,3,5H3/b44-30+. The number of rotatable bonds is 6. The van der Waals surface area contributed by atoms with Crippen LogP contribution in [0.2, 0.25) is 0 Å². The van der Waals surface area contributed by atoms with Gasteiger partial charge in [-0.2, -0.15) is 0 Å². The number of benzene rings is 6. The Labute approximate surface area is 260 Å². The van der Waals surface area contributed by atoms with E-state index in [2.05, 4.69) is 131 Å². The Morgan fingerprint density at radius 2 is 1.45 bits per heavy atom. The molecule has 0 fully saturated rings. The zero-order valence-electron chi connectivity index (χ0n) is 25.4. The second-order valence-electron chi connectivity index (χ2n) is 11.9. The van der Waals surface area contributed by atoms with Gasteiger partial charge in [0.2, 0.25) is 0 Å². The molecule has 6 aromatic rings. The quantitative estimate of drug-likeness (QED) is 0.108. The maximum absolute atomic E-state index is 4.90. The van der Waals surface area contributed by atoms with Gasteiger partial charge >= 0.3 is 0 Å². The van der Waals surface area contributed by atoms with Crippen LogP contribution in [0.25, 0.3) is 55.1 Å². The van der Waals surface area contributed by atoms with Crippen LogP contribution in [-0.4, -0.2) is 5.71 Å². The van der Waals surface area contributed by atoms with Gasteiger partial charge in [-0.25, -0.2) is 0 Å². The molecular weight excluding hydrogens is 530 g/mol. The number of nitrogens with zero attached hydrogens (tertiary/aromatic N) is 1. The van der Waals surface area contributed by atoms with Crippen LogP contribution in [0.1, 0.15) is 47.6 Å². The van der Waals surface area contributed by atoms with E-state index in [1.807, 2.05) is 18.2 Å². The Hall–Kier alpha value is -5.27. The SMILES string of the molecule is C=CC(=C)c1cccc(C(=C)/N=C(\C)c2ccc3c(ccc4ccc(-c5cccc6c5-c5ccccc5C(C)C6)cc43)c2)c1. The summed E-state index contributed by atoms with van der Waals surface area (Å²) >= 11 is 0. The van der Waals surface area contributed by atoms with E-state index >= 15 is 0 Å². The second kappa shape index (κ2) is 11.1. The van der Waals surface area contributed by atoms with E-state index in [-0.39, 0.29) is 0 Å². The van der Waals surface area contributed by atoms with Crippen molar-refractivity contribution in [2.75, 3.05) is 0 Å². The molecule has 0 heterocycles. The third kappa shape index (κ3) is 4.81. The first-order valence-corrected chi connectivity index (χ1v) is 15.3. The van der Waals surface area contributed by atoms with Crippen molar-refractivity contribution in [3.05, 3.63) is 169 Å². The summed E-state index contributed by atoms with van der Waals surface area (Å²) in [5.74, 6) is 0.523. The molecule has 0 spiro atoms. The minimum Gasteiger partial charge on any atom is -0.253 e. The Morgan fingerprint density at radius 3 is 2.32 bits per heavy atom. The Balaban J connectivity index is 1.27. The highest BCUT2D eigenvalue weighted by Crippen LogP contribution is 2.45. The molecule has 0 amide bonds. The minimum absolute atomic E-state index is 0.523. The van der Waals surface area contributed by atoms with Gasteiger partial charge in [-0.15, -0.1) is 0 Å². The summed E-state index contributed by atoms with van der Waals surface area (Å²) in [5.41, 5.74) is 13.8. The predicted octanol–water partition coefficient (Wildman–Crippen LogP) is 11.7. The number of hydrogen-bond donors (Lipinski definition) is 0. The van der Waals surface area contributed by atoms with Gasteiger partial charge in [0.1, 0.15) is 0 Å². The predicted molar refractivity (Wildman–Crippen MR) is 191 cm³/mol. The lowest BCUT2D eigenvalue weighted by atomic mass is 9.77. The fraction of sp³-hybridized carbons (Fsp3) is 0.0930. The summed E-state index contributed by atoms with van der Waals surface area (Å²) in [6.45, 7) is 16.6. The van der Waals surface area contributed by atoms with Crippen LogP contribution in [-0.2, 0) is 6.42 Å². The largest absolute Gasteiger partial charge is 0.253 e. The molecule has 0 aliphatic heterocycles.